The maximum atomic E-state index is 8.95. The highest BCUT2D eigenvalue weighted by molar-refractivity contribution is 5.78. The van der Waals surface area contributed by atoms with Crippen LogP contribution in [0.4, 0.5) is 0 Å². The Labute approximate surface area is 142 Å². The first-order chi connectivity index (χ1) is 11.9. The molecule has 5 nitrogen and oxygen atoms in total. The average molecular weight is 318 g/mol. The lowest BCUT2D eigenvalue weighted by Crippen LogP contribution is -1.79. The highest BCUT2D eigenvalue weighted by Gasteiger charge is 1.84. The topological polar surface area (TPSA) is 70.1 Å². The molecule has 0 aromatic carbocycles. The van der Waals surface area contributed by atoms with Crippen molar-refractivity contribution in [2.24, 2.45) is 15.0 Å². The minimum atomic E-state index is 0.264. The predicted molar refractivity (Wildman–Crippen MR) is 100.0 cm³/mol. The van der Waals surface area contributed by atoms with Crippen LogP contribution in [0.25, 0.3) is 0 Å². The Kier molecular flexibility index (Phi) is 11.1. The van der Waals surface area contributed by atoms with Crippen molar-refractivity contribution in [3.05, 3.63) is 85.1 Å². The van der Waals surface area contributed by atoms with Crippen molar-refractivity contribution in [2.45, 2.75) is 0 Å². The number of hydrogen-bond acceptors (Lipinski definition) is 5. The molecule has 24 heavy (non-hydrogen) atoms. The lowest BCUT2D eigenvalue weighted by molar-refractivity contribution is 0.290. The summed E-state index contributed by atoms with van der Waals surface area (Å²) in [6.07, 6.45) is 27.2. The highest BCUT2D eigenvalue weighted by atomic mass is 16.5. The largest absolute Gasteiger partial charge is 0.497 e. The van der Waals surface area contributed by atoms with Crippen LogP contribution >= 0.6 is 0 Å². The van der Waals surface area contributed by atoms with E-state index in [0.717, 1.165) is 0 Å². The summed E-state index contributed by atoms with van der Waals surface area (Å²) in [6.45, 7) is 0.470. The maximum absolute atomic E-state index is 8.95. The molecule has 0 aromatic rings. The van der Waals surface area contributed by atoms with Gasteiger partial charge < -0.3 is 4.74 Å². The van der Waals surface area contributed by atoms with Gasteiger partial charge in [0.15, 0.2) is 0 Å². The number of nitriles is 1. The standard InChI is InChI=1S/C19H18N4O/c20-18-19-10-15-22-13-9-12-21-11-5-1-3-7-16-24-17-8-4-2-6-14-23-19/h1-16H,17H2. The van der Waals surface area contributed by atoms with E-state index >= 15 is 0 Å². The second-order valence-electron chi connectivity index (χ2n) is 4.08. The summed E-state index contributed by atoms with van der Waals surface area (Å²) in [6, 6.07) is 1.98. The summed E-state index contributed by atoms with van der Waals surface area (Å²) in [5.74, 6) is 0. The van der Waals surface area contributed by atoms with Crippen LogP contribution < -0.4 is 0 Å². The molecule has 120 valence electrons. The summed E-state index contributed by atoms with van der Waals surface area (Å²) in [5, 5.41) is 8.95. The van der Waals surface area contributed by atoms with Crippen molar-refractivity contribution in [2.75, 3.05) is 6.61 Å². The molecule has 0 fully saturated rings. The molecule has 1 rings (SSSR count). The third kappa shape index (κ3) is 11.2. The van der Waals surface area contributed by atoms with Crippen molar-refractivity contribution < 1.29 is 4.74 Å². The van der Waals surface area contributed by atoms with Crippen molar-refractivity contribution in [1.82, 2.24) is 0 Å². The minimum Gasteiger partial charge on any atom is -0.497 e. The van der Waals surface area contributed by atoms with E-state index in [9.17, 15) is 0 Å². The van der Waals surface area contributed by atoms with Gasteiger partial charge in [-0.2, -0.15) is 5.26 Å². The molecule has 1 aliphatic heterocycles. The van der Waals surface area contributed by atoms with Gasteiger partial charge in [0, 0.05) is 31.0 Å². The van der Waals surface area contributed by atoms with Gasteiger partial charge in [-0.05, 0) is 36.5 Å². The number of nitrogens with zero attached hydrogens (tertiary/aromatic N) is 4. The molecule has 0 spiro atoms. The molecule has 0 atom stereocenters. The monoisotopic (exact) mass is 318 g/mol. The fourth-order valence-corrected chi connectivity index (χ4v) is 1.27. The van der Waals surface area contributed by atoms with Crippen LogP contribution in [-0.4, -0.2) is 25.3 Å². The van der Waals surface area contributed by atoms with Crippen LogP contribution in [0.2, 0.25) is 0 Å². The molecule has 0 saturated heterocycles. The molecular weight excluding hydrogens is 300 g/mol. The lowest BCUT2D eigenvalue weighted by atomic mass is 10.4. The molecular formula is C19H18N4O. The first-order valence-electron chi connectivity index (χ1n) is 7.21. The zero-order chi connectivity index (χ0) is 17.1. The molecule has 0 N–H and O–H groups in total. The number of hydrogen-bond donors (Lipinski definition) is 0. The van der Waals surface area contributed by atoms with E-state index in [4.69, 9.17) is 10.00 Å². The van der Waals surface area contributed by atoms with Gasteiger partial charge in [-0.1, -0.05) is 24.3 Å². The van der Waals surface area contributed by atoms with Crippen LogP contribution in [0.3, 0.4) is 0 Å². The van der Waals surface area contributed by atoms with Crippen LogP contribution in [0, 0.1) is 11.3 Å². The Morgan fingerprint density at radius 2 is 1.62 bits per heavy atom. The molecule has 0 saturated carbocycles. The fourth-order valence-electron chi connectivity index (χ4n) is 1.27. The van der Waals surface area contributed by atoms with Gasteiger partial charge in [-0.25, -0.2) is 4.99 Å². The van der Waals surface area contributed by atoms with Crippen molar-refractivity contribution >= 4 is 18.6 Å². The zero-order valence-corrected chi connectivity index (χ0v) is 13.1. The molecule has 1 aliphatic rings. The molecule has 1 heterocycles. The van der Waals surface area contributed by atoms with E-state index in [-0.39, 0.29) is 5.70 Å². The van der Waals surface area contributed by atoms with Crippen molar-refractivity contribution in [1.29, 1.82) is 5.26 Å². The molecule has 0 bridgehead atoms. The third-order valence-corrected chi connectivity index (χ3v) is 2.31. The van der Waals surface area contributed by atoms with Gasteiger partial charge >= 0.3 is 0 Å². The SMILES string of the molecule is N#CC1=CC=NC=CC=NC=CC=CC=COCC=CC=CC=N1. The number of rotatable bonds is 0. The van der Waals surface area contributed by atoms with Gasteiger partial charge in [0.2, 0.25) is 0 Å². The zero-order valence-electron chi connectivity index (χ0n) is 13.1. The number of aliphatic imine (C=N–C) groups is 3. The van der Waals surface area contributed by atoms with Crippen LogP contribution in [0.15, 0.2) is 100 Å². The average Bonchev–Trinajstić information content (AvgIpc) is 2.60. The van der Waals surface area contributed by atoms with Gasteiger partial charge in [-0.3, -0.25) is 9.98 Å². The Balaban J connectivity index is 2.76. The Morgan fingerprint density at radius 1 is 0.833 bits per heavy atom. The molecule has 0 amide bonds. The van der Waals surface area contributed by atoms with Crippen molar-refractivity contribution in [3.63, 3.8) is 0 Å². The van der Waals surface area contributed by atoms with E-state index < -0.39 is 0 Å². The third-order valence-electron chi connectivity index (χ3n) is 2.31. The predicted octanol–water partition coefficient (Wildman–Crippen LogP) is 3.85. The Morgan fingerprint density at radius 3 is 2.54 bits per heavy atom. The van der Waals surface area contributed by atoms with Crippen molar-refractivity contribution in [3.8, 4) is 6.07 Å². The number of ether oxygens (including phenoxy) is 1. The summed E-state index contributed by atoms with van der Waals surface area (Å²) in [5.41, 5.74) is 0.264. The molecule has 0 aromatic heterocycles. The van der Waals surface area contributed by atoms with Gasteiger partial charge in [0.1, 0.15) is 18.4 Å². The highest BCUT2D eigenvalue weighted by Crippen LogP contribution is 1.92. The molecule has 0 aliphatic carbocycles. The van der Waals surface area contributed by atoms with E-state index in [1.54, 1.807) is 61.5 Å². The minimum absolute atomic E-state index is 0.264. The Bertz CT molecular complexity index is 693. The molecule has 0 radical (unpaired) electrons. The number of allylic oxidation sites excluding steroid dienone is 10. The summed E-state index contributed by atoms with van der Waals surface area (Å²) in [7, 11) is 0. The van der Waals surface area contributed by atoms with Gasteiger partial charge in [0.25, 0.3) is 0 Å². The first-order valence-corrected chi connectivity index (χ1v) is 7.21. The summed E-state index contributed by atoms with van der Waals surface area (Å²) in [4.78, 5) is 12.0. The molecule has 5 heteroatoms. The van der Waals surface area contributed by atoms with E-state index in [0.29, 0.717) is 6.61 Å². The summed E-state index contributed by atoms with van der Waals surface area (Å²) < 4.78 is 5.26. The lowest BCUT2D eigenvalue weighted by Gasteiger charge is -1.90. The van der Waals surface area contributed by atoms with E-state index in [1.165, 1.54) is 12.3 Å². The van der Waals surface area contributed by atoms with Crippen LogP contribution in [0.1, 0.15) is 0 Å². The fraction of sp³-hybridized carbons (Fsp3) is 0.0526. The maximum Gasteiger partial charge on any atom is 0.141 e. The van der Waals surface area contributed by atoms with Crippen LogP contribution in [-0.2, 0) is 4.74 Å². The second-order valence-corrected chi connectivity index (χ2v) is 4.08. The summed E-state index contributed by atoms with van der Waals surface area (Å²) >= 11 is 0. The smallest absolute Gasteiger partial charge is 0.141 e. The van der Waals surface area contributed by atoms with Crippen LogP contribution in [0.5, 0.6) is 0 Å². The normalized spacial score (nSPS) is 16.0. The Hall–Kier alpha value is -3.52. The van der Waals surface area contributed by atoms with E-state index in [2.05, 4.69) is 15.0 Å². The first kappa shape index (κ1) is 18.5. The van der Waals surface area contributed by atoms with Gasteiger partial charge in [0.05, 0.1) is 6.26 Å². The van der Waals surface area contributed by atoms with Gasteiger partial charge in [-0.15, -0.1) is 0 Å². The van der Waals surface area contributed by atoms with E-state index in [1.807, 2.05) is 30.4 Å². The quantitative estimate of drug-likeness (QED) is 0.680. The molecule has 0 unspecified atom stereocenters. The second kappa shape index (κ2) is 14.4.